The van der Waals surface area contributed by atoms with E-state index in [0.29, 0.717) is 5.56 Å². The van der Waals surface area contributed by atoms with Crippen LogP contribution in [0.1, 0.15) is 11.1 Å². The Labute approximate surface area is 192 Å². The number of aromatic nitrogens is 5. The number of imidazole rings is 4. The molecule has 0 spiro atoms. The van der Waals surface area contributed by atoms with Crippen molar-refractivity contribution in [3.05, 3.63) is 90.0 Å². The van der Waals surface area contributed by atoms with Gasteiger partial charge in [-0.2, -0.15) is 5.26 Å². The Kier molecular flexibility index (Phi) is 3.07. The molecule has 6 nitrogen and oxygen atoms in total. The minimum atomic E-state index is 0.670. The minimum Gasteiger partial charge on any atom is -0.276 e. The van der Waals surface area contributed by atoms with Crippen molar-refractivity contribution in [3.8, 4) is 17.2 Å². The second-order valence-corrected chi connectivity index (χ2v) is 8.81. The summed E-state index contributed by atoms with van der Waals surface area (Å²) >= 11 is 0. The second-order valence-electron chi connectivity index (χ2n) is 8.81. The molecule has 0 bridgehead atoms. The van der Waals surface area contributed by atoms with Crippen molar-refractivity contribution in [2.75, 3.05) is 0 Å². The Morgan fingerprint density at radius 1 is 0.676 bits per heavy atom. The molecular formula is C28H16N6. The summed E-state index contributed by atoms with van der Waals surface area (Å²) in [6, 6.07) is 29.1. The van der Waals surface area contributed by atoms with Gasteiger partial charge in [0, 0.05) is 0 Å². The van der Waals surface area contributed by atoms with Crippen molar-refractivity contribution >= 4 is 50.2 Å². The van der Waals surface area contributed by atoms with Gasteiger partial charge in [0.15, 0.2) is 0 Å². The number of nitriles is 1. The third-order valence-electron chi connectivity index (χ3n) is 6.93. The lowest BCUT2D eigenvalue weighted by atomic mass is 9.98. The van der Waals surface area contributed by atoms with Crippen LogP contribution in [0.4, 0.5) is 0 Å². The van der Waals surface area contributed by atoms with E-state index in [1.165, 1.54) is 0 Å². The third kappa shape index (κ3) is 2.00. The van der Waals surface area contributed by atoms with E-state index < -0.39 is 0 Å². The molecule has 8 rings (SSSR count). The summed E-state index contributed by atoms with van der Waals surface area (Å²) in [5, 5.41) is 9.33. The van der Waals surface area contributed by atoms with Crippen LogP contribution in [-0.2, 0) is 0 Å². The van der Waals surface area contributed by atoms with Gasteiger partial charge in [-0.1, -0.05) is 30.3 Å². The number of para-hydroxylation sites is 4. The number of aryl methyl sites for hydroxylation is 1. The van der Waals surface area contributed by atoms with Crippen molar-refractivity contribution in [1.82, 2.24) is 23.2 Å². The summed E-state index contributed by atoms with van der Waals surface area (Å²) in [6.45, 7) is 2.06. The van der Waals surface area contributed by atoms with Gasteiger partial charge in [-0.25, -0.2) is 14.4 Å². The summed E-state index contributed by atoms with van der Waals surface area (Å²) < 4.78 is 6.65. The van der Waals surface area contributed by atoms with Crippen LogP contribution in [0.15, 0.2) is 78.9 Å². The predicted molar refractivity (Wildman–Crippen MR) is 133 cm³/mol. The van der Waals surface area contributed by atoms with E-state index in [9.17, 15) is 5.26 Å². The van der Waals surface area contributed by atoms with Crippen LogP contribution >= 0.6 is 0 Å². The maximum Gasteiger partial charge on any atom is 0.223 e. The molecule has 0 aliphatic rings. The standard InChI is InChI=1S/C28H16N6/c1-16-12-17(15-29)10-11-19(16)18-13-24-26-25(14-18)33-23-9-5-3-7-21(23)31-28(33)34(26)27-30-20-6-2-4-8-22(20)32(24)27/h2-14H,1H3. The van der Waals surface area contributed by atoms with E-state index in [0.717, 1.165) is 66.9 Å². The van der Waals surface area contributed by atoms with E-state index in [-0.39, 0.29) is 0 Å². The molecule has 0 atom stereocenters. The summed E-state index contributed by atoms with van der Waals surface area (Å²) in [4.78, 5) is 10.0. The molecule has 0 radical (unpaired) electrons. The summed E-state index contributed by atoms with van der Waals surface area (Å²) in [5.74, 6) is 1.72. The quantitative estimate of drug-likeness (QED) is 0.318. The van der Waals surface area contributed by atoms with Gasteiger partial charge >= 0.3 is 0 Å². The van der Waals surface area contributed by atoms with Gasteiger partial charge in [0.25, 0.3) is 0 Å². The number of rotatable bonds is 1. The fraction of sp³-hybridized carbons (Fsp3) is 0.0357. The molecule has 0 N–H and O–H groups in total. The highest BCUT2D eigenvalue weighted by atomic mass is 15.3. The van der Waals surface area contributed by atoms with Gasteiger partial charge in [0.2, 0.25) is 11.6 Å². The molecule has 0 fully saturated rings. The Hall–Kier alpha value is -4.89. The lowest BCUT2D eigenvalue weighted by Gasteiger charge is -2.08. The van der Waals surface area contributed by atoms with Crippen LogP contribution in [0.5, 0.6) is 0 Å². The molecule has 0 unspecified atom stereocenters. The van der Waals surface area contributed by atoms with Crippen LogP contribution in [0.3, 0.4) is 0 Å². The highest BCUT2D eigenvalue weighted by Crippen LogP contribution is 2.38. The molecule has 158 valence electrons. The van der Waals surface area contributed by atoms with Gasteiger partial charge in [-0.15, -0.1) is 0 Å². The Morgan fingerprint density at radius 2 is 1.26 bits per heavy atom. The van der Waals surface area contributed by atoms with Crippen LogP contribution in [0.25, 0.3) is 61.3 Å². The molecule has 8 aromatic rings. The van der Waals surface area contributed by atoms with Gasteiger partial charge < -0.3 is 0 Å². The van der Waals surface area contributed by atoms with Crippen molar-refractivity contribution < 1.29 is 0 Å². The van der Waals surface area contributed by atoms with E-state index in [1.54, 1.807) is 0 Å². The molecule has 6 heteroatoms. The Morgan fingerprint density at radius 3 is 1.82 bits per heavy atom. The van der Waals surface area contributed by atoms with E-state index in [1.807, 2.05) is 30.3 Å². The molecule has 0 saturated heterocycles. The average Bonchev–Trinajstić information content (AvgIpc) is 3.58. The van der Waals surface area contributed by atoms with Crippen LogP contribution in [-0.4, -0.2) is 23.2 Å². The molecule has 4 heterocycles. The van der Waals surface area contributed by atoms with Crippen molar-refractivity contribution in [3.63, 3.8) is 0 Å². The monoisotopic (exact) mass is 436 g/mol. The molecule has 0 saturated carbocycles. The predicted octanol–water partition coefficient (Wildman–Crippen LogP) is 5.98. The first-order valence-electron chi connectivity index (χ1n) is 11.2. The summed E-state index contributed by atoms with van der Waals surface area (Å²) in [7, 11) is 0. The minimum absolute atomic E-state index is 0.670. The fourth-order valence-corrected chi connectivity index (χ4v) is 5.48. The topological polar surface area (TPSA) is 62.8 Å². The molecule has 0 aliphatic carbocycles. The largest absolute Gasteiger partial charge is 0.276 e. The number of fused-ring (bicyclic) bond motifs is 10. The molecule has 0 aliphatic heterocycles. The second kappa shape index (κ2) is 5.91. The molecular weight excluding hydrogens is 420 g/mol. The normalized spacial score (nSPS) is 12.2. The van der Waals surface area contributed by atoms with Crippen molar-refractivity contribution in [2.45, 2.75) is 6.92 Å². The smallest absolute Gasteiger partial charge is 0.223 e. The van der Waals surface area contributed by atoms with Gasteiger partial charge in [0.05, 0.1) is 44.7 Å². The van der Waals surface area contributed by atoms with Gasteiger partial charge in [0.1, 0.15) is 5.52 Å². The van der Waals surface area contributed by atoms with Crippen LogP contribution in [0, 0.1) is 18.3 Å². The highest BCUT2D eigenvalue weighted by Gasteiger charge is 2.24. The van der Waals surface area contributed by atoms with Crippen LogP contribution in [0.2, 0.25) is 0 Å². The summed E-state index contributed by atoms with van der Waals surface area (Å²) in [5.41, 5.74) is 11.3. The van der Waals surface area contributed by atoms with Crippen LogP contribution < -0.4 is 0 Å². The first-order valence-corrected chi connectivity index (χ1v) is 11.2. The van der Waals surface area contributed by atoms with E-state index in [4.69, 9.17) is 9.97 Å². The maximum atomic E-state index is 9.33. The van der Waals surface area contributed by atoms with E-state index >= 15 is 0 Å². The zero-order valence-electron chi connectivity index (χ0n) is 18.2. The van der Waals surface area contributed by atoms with Gasteiger partial charge in [-0.3, -0.25) is 8.80 Å². The first-order chi connectivity index (χ1) is 16.7. The lowest BCUT2D eigenvalue weighted by Crippen LogP contribution is -1.90. The number of nitrogens with zero attached hydrogens (tertiary/aromatic N) is 6. The highest BCUT2D eigenvalue weighted by molar-refractivity contribution is 6.06. The Balaban J connectivity index is 1.64. The first kappa shape index (κ1) is 17.6. The molecule has 4 aromatic carbocycles. The molecule has 4 aromatic heterocycles. The van der Waals surface area contributed by atoms with Crippen molar-refractivity contribution in [2.24, 2.45) is 0 Å². The zero-order chi connectivity index (χ0) is 22.6. The maximum absolute atomic E-state index is 9.33. The van der Waals surface area contributed by atoms with Gasteiger partial charge in [-0.05, 0) is 72.1 Å². The number of hydrogen-bond donors (Lipinski definition) is 0. The summed E-state index contributed by atoms with van der Waals surface area (Å²) in [6.07, 6.45) is 0. The number of benzene rings is 4. The fourth-order valence-electron chi connectivity index (χ4n) is 5.48. The van der Waals surface area contributed by atoms with Crippen molar-refractivity contribution in [1.29, 1.82) is 5.26 Å². The zero-order valence-corrected chi connectivity index (χ0v) is 18.2. The Bertz CT molecular complexity index is 2030. The third-order valence-corrected chi connectivity index (χ3v) is 6.93. The van der Waals surface area contributed by atoms with E-state index in [2.05, 4.69) is 74.7 Å². The lowest BCUT2D eigenvalue weighted by molar-refractivity contribution is 1.15. The number of hydrogen-bond acceptors (Lipinski definition) is 3. The molecule has 34 heavy (non-hydrogen) atoms. The SMILES string of the molecule is Cc1cc(C#N)ccc1-c1cc2c3c(c1)n1c4ccccc4nc1n3c1nc3ccccc3n21. The average molecular weight is 436 g/mol. The molecule has 0 amide bonds.